The number of fused-ring (bicyclic) bond motifs is 2. The maximum atomic E-state index is 12.3. The molecule has 2 aromatic heterocycles. The lowest BCUT2D eigenvalue weighted by Crippen LogP contribution is -2.09. The molecule has 9 nitrogen and oxygen atoms in total. The zero-order valence-electron chi connectivity index (χ0n) is 9.86. The number of nitro groups is 1. The lowest BCUT2D eigenvalue weighted by molar-refractivity contribution is -0.384. The Morgan fingerprint density at radius 3 is 2.70 bits per heavy atom. The van der Waals surface area contributed by atoms with E-state index in [9.17, 15) is 14.9 Å². The van der Waals surface area contributed by atoms with Crippen LogP contribution in [0, 0.1) is 10.1 Å². The van der Waals surface area contributed by atoms with Crippen molar-refractivity contribution in [3.8, 4) is 0 Å². The molecular formula is C11H7N5O4. The number of rotatable bonds is 1. The molecule has 0 spiro atoms. The van der Waals surface area contributed by atoms with Gasteiger partial charge in [0, 0.05) is 12.1 Å². The minimum absolute atomic E-state index is 0.0340. The van der Waals surface area contributed by atoms with E-state index in [0.29, 0.717) is 0 Å². The van der Waals surface area contributed by atoms with Crippen molar-refractivity contribution in [1.29, 1.82) is 0 Å². The zero-order chi connectivity index (χ0) is 14.4. The van der Waals surface area contributed by atoms with Crippen LogP contribution in [0.3, 0.4) is 0 Å². The Kier molecular flexibility index (Phi) is 2.30. The first-order valence-corrected chi connectivity index (χ1v) is 5.41. The van der Waals surface area contributed by atoms with Gasteiger partial charge in [-0.25, -0.2) is 0 Å². The molecule has 100 valence electrons. The molecule has 4 N–H and O–H groups in total. The maximum absolute atomic E-state index is 12.3. The van der Waals surface area contributed by atoms with E-state index in [2.05, 4.69) is 9.97 Å². The molecule has 1 aromatic carbocycles. The van der Waals surface area contributed by atoms with Crippen molar-refractivity contribution in [1.82, 2.24) is 9.97 Å². The monoisotopic (exact) mass is 273 g/mol. The summed E-state index contributed by atoms with van der Waals surface area (Å²) in [6.07, 6.45) is 0. The first-order valence-electron chi connectivity index (χ1n) is 5.41. The van der Waals surface area contributed by atoms with E-state index in [-0.39, 0.29) is 39.5 Å². The van der Waals surface area contributed by atoms with Crippen LogP contribution >= 0.6 is 0 Å². The van der Waals surface area contributed by atoms with Gasteiger partial charge < -0.3 is 15.9 Å². The summed E-state index contributed by atoms with van der Waals surface area (Å²) in [4.78, 5) is 29.9. The summed E-state index contributed by atoms with van der Waals surface area (Å²) in [5.74, 6) is -0.255. The van der Waals surface area contributed by atoms with Crippen molar-refractivity contribution in [2.45, 2.75) is 0 Å². The lowest BCUT2D eigenvalue weighted by atomic mass is 10.1. The summed E-state index contributed by atoms with van der Waals surface area (Å²) in [6, 6.07) is 3.67. The molecule has 3 rings (SSSR count). The molecule has 0 saturated heterocycles. The van der Waals surface area contributed by atoms with Gasteiger partial charge in [0.1, 0.15) is 16.8 Å². The van der Waals surface area contributed by atoms with Crippen LogP contribution in [0.5, 0.6) is 0 Å². The molecule has 20 heavy (non-hydrogen) atoms. The summed E-state index contributed by atoms with van der Waals surface area (Å²) < 4.78 is 5.39. The highest BCUT2D eigenvalue weighted by atomic mass is 16.6. The molecule has 2 heterocycles. The summed E-state index contributed by atoms with van der Waals surface area (Å²) >= 11 is 0. The van der Waals surface area contributed by atoms with Crippen LogP contribution in [0.1, 0.15) is 0 Å². The van der Waals surface area contributed by atoms with E-state index in [4.69, 9.17) is 15.9 Å². The summed E-state index contributed by atoms with van der Waals surface area (Å²) in [5, 5.41) is 10.7. The molecule has 0 fully saturated rings. The number of nitro benzene ring substituents is 1. The Labute approximate surface area is 110 Å². The first kappa shape index (κ1) is 11.8. The second-order valence-electron chi connectivity index (χ2n) is 4.02. The van der Waals surface area contributed by atoms with Gasteiger partial charge in [0.25, 0.3) is 5.69 Å². The third kappa shape index (κ3) is 1.61. The van der Waals surface area contributed by atoms with Gasteiger partial charge in [-0.1, -0.05) is 0 Å². The Balaban J connectivity index is 2.51. The van der Waals surface area contributed by atoms with E-state index in [1.165, 1.54) is 12.1 Å². The second kappa shape index (κ2) is 3.88. The van der Waals surface area contributed by atoms with Crippen LogP contribution in [-0.4, -0.2) is 14.9 Å². The predicted octanol–water partition coefficient (Wildman–Crippen LogP) is 0.809. The Morgan fingerprint density at radius 2 is 2.00 bits per heavy atom. The zero-order valence-corrected chi connectivity index (χ0v) is 9.86. The number of anilines is 2. The first-order chi connectivity index (χ1) is 9.47. The van der Waals surface area contributed by atoms with Gasteiger partial charge in [0.15, 0.2) is 0 Å². The van der Waals surface area contributed by atoms with Crippen molar-refractivity contribution < 1.29 is 9.34 Å². The molecule has 9 heteroatoms. The number of nitrogens with zero attached hydrogens (tertiary/aromatic N) is 3. The van der Waals surface area contributed by atoms with Crippen LogP contribution in [0.25, 0.3) is 22.1 Å². The molecule has 0 saturated carbocycles. The molecule has 0 aliphatic heterocycles. The topological polar surface area (TPSA) is 151 Å². The second-order valence-corrected chi connectivity index (χ2v) is 4.02. The Hall–Kier alpha value is -3.23. The van der Waals surface area contributed by atoms with Crippen molar-refractivity contribution in [2.75, 3.05) is 11.5 Å². The number of hydrogen-bond donors (Lipinski definition) is 2. The van der Waals surface area contributed by atoms with Crippen LogP contribution in [0.2, 0.25) is 0 Å². The standard InChI is InChI=1S/C11H7N5O4/c12-9-7-8(17)5-3-4(16(18)19)1-2-6(5)20-10(7)15-11(13)14-9/h1-3H,(H4,12,13,14,15). The van der Waals surface area contributed by atoms with Gasteiger partial charge in [-0.05, 0) is 6.07 Å². The average molecular weight is 273 g/mol. The molecule has 0 unspecified atom stereocenters. The fourth-order valence-corrected chi connectivity index (χ4v) is 1.90. The van der Waals surface area contributed by atoms with E-state index in [1.54, 1.807) is 0 Å². The molecule has 3 aromatic rings. The number of nitrogens with two attached hydrogens (primary N) is 2. The van der Waals surface area contributed by atoms with Gasteiger partial charge in [0.2, 0.25) is 17.1 Å². The van der Waals surface area contributed by atoms with Crippen LogP contribution in [0.4, 0.5) is 17.5 Å². The van der Waals surface area contributed by atoms with Gasteiger partial charge in [-0.3, -0.25) is 14.9 Å². The summed E-state index contributed by atoms with van der Waals surface area (Å²) in [6.45, 7) is 0. The number of benzene rings is 1. The molecule has 0 amide bonds. The normalized spacial score (nSPS) is 11.0. The molecule has 0 aliphatic carbocycles. The fourth-order valence-electron chi connectivity index (χ4n) is 1.90. The van der Waals surface area contributed by atoms with E-state index in [1.807, 2.05) is 0 Å². The highest BCUT2D eigenvalue weighted by Gasteiger charge is 2.16. The van der Waals surface area contributed by atoms with Gasteiger partial charge >= 0.3 is 0 Å². The van der Waals surface area contributed by atoms with Crippen molar-refractivity contribution in [3.63, 3.8) is 0 Å². The highest BCUT2D eigenvalue weighted by molar-refractivity contribution is 5.94. The minimum atomic E-state index is -0.605. The van der Waals surface area contributed by atoms with Crippen LogP contribution in [-0.2, 0) is 0 Å². The summed E-state index contributed by atoms with van der Waals surface area (Å²) in [7, 11) is 0. The molecule has 0 bridgehead atoms. The van der Waals surface area contributed by atoms with Crippen molar-refractivity contribution in [3.05, 3.63) is 38.5 Å². The smallest absolute Gasteiger partial charge is 0.270 e. The number of nitrogen functional groups attached to an aromatic ring is 2. The number of hydrogen-bond acceptors (Lipinski definition) is 8. The average Bonchev–Trinajstić information content (AvgIpc) is 2.37. The van der Waals surface area contributed by atoms with E-state index in [0.717, 1.165) is 6.07 Å². The maximum Gasteiger partial charge on any atom is 0.270 e. The Morgan fingerprint density at radius 1 is 1.25 bits per heavy atom. The SMILES string of the molecule is Nc1nc(N)c2c(=O)c3cc([N+](=O)[O-])ccc3oc2n1. The molecule has 0 atom stereocenters. The summed E-state index contributed by atoms with van der Waals surface area (Å²) in [5.41, 5.74) is 10.4. The largest absolute Gasteiger partial charge is 0.437 e. The van der Waals surface area contributed by atoms with Crippen molar-refractivity contribution >= 4 is 39.5 Å². The predicted molar refractivity (Wildman–Crippen MR) is 71.1 cm³/mol. The van der Waals surface area contributed by atoms with Gasteiger partial charge in [-0.2, -0.15) is 9.97 Å². The third-order valence-corrected chi connectivity index (χ3v) is 2.77. The van der Waals surface area contributed by atoms with Crippen molar-refractivity contribution in [2.24, 2.45) is 0 Å². The lowest BCUT2D eigenvalue weighted by Gasteiger charge is -2.03. The van der Waals surface area contributed by atoms with E-state index >= 15 is 0 Å². The quantitative estimate of drug-likeness (QED) is 0.375. The fraction of sp³-hybridized carbons (Fsp3) is 0. The number of non-ortho nitro benzene ring substituents is 1. The number of aromatic nitrogens is 2. The molecule has 0 aliphatic rings. The van der Waals surface area contributed by atoms with Crippen LogP contribution in [0.15, 0.2) is 27.4 Å². The van der Waals surface area contributed by atoms with Gasteiger partial charge in [0.05, 0.1) is 10.3 Å². The van der Waals surface area contributed by atoms with E-state index < -0.39 is 10.4 Å². The van der Waals surface area contributed by atoms with Crippen LogP contribution < -0.4 is 16.9 Å². The van der Waals surface area contributed by atoms with Gasteiger partial charge in [-0.15, -0.1) is 0 Å². The third-order valence-electron chi connectivity index (χ3n) is 2.77. The molecule has 0 radical (unpaired) electrons. The Bertz CT molecular complexity index is 933. The minimum Gasteiger partial charge on any atom is -0.437 e. The molecular weight excluding hydrogens is 266 g/mol. The highest BCUT2D eigenvalue weighted by Crippen LogP contribution is 2.23.